The van der Waals surface area contributed by atoms with Gasteiger partial charge in [0.15, 0.2) is 0 Å². The first kappa shape index (κ1) is 14.5. The van der Waals surface area contributed by atoms with Crippen molar-refractivity contribution in [2.75, 3.05) is 6.26 Å². The Hall–Kier alpha value is -1.95. The number of pyridine rings is 1. The molecule has 0 fully saturated rings. The number of thioether (sulfide) groups is 1. The van der Waals surface area contributed by atoms with E-state index in [4.69, 9.17) is 0 Å². The van der Waals surface area contributed by atoms with Gasteiger partial charge in [0.25, 0.3) is 11.5 Å². The summed E-state index contributed by atoms with van der Waals surface area (Å²) >= 11 is 1.50. The summed E-state index contributed by atoms with van der Waals surface area (Å²) in [5.74, 6) is -0.184. The van der Waals surface area contributed by atoms with Crippen molar-refractivity contribution >= 4 is 17.7 Å². The normalized spacial score (nSPS) is 10.6. The number of carbonyl (C=O) groups is 1. The highest BCUT2D eigenvalue weighted by atomic mass is 32.2. The third kappa shape index (κ3) is 2.96. The fourth-order valence-corrected chi connectivity index (χ4v) is 2.70. The molecular formula is C14H17N3O2S. The van der Waals surface area contributed by atoms with E-state index in [0.29, 0.717) is 11.1 Å². The molecule has 0 atom stereocenters. The third-order valence-corrected chi connectivity index (χ3v) is 3.88. The Bertz CT molecular complexity index is 688. The van der Waals surface area contributed by atoms with Gasteiger partial charge in [-0.2, -0.15) is 0 Å². The zero-order chi connectivity index (χ0) is 14.7. The molecule has 2 rings (SSSR count). The second-order valence-corrected chi connectivity index (χ2v) is 5.38. The van der Waals surface area contributed by atoms with Gasteiger partial charge in [-0.1, -0.05) is 0 Å². The topological polar surface area (TPSA) is 77.8 Å². The van der Waals surface area contributed by atoms with Gasteiger partial charge in [0.05, 0.1) is 5.56 Å². The summed E-state index contributed by atoms with van der Waals surface area (Å²) in [6.45, 7) is 3.89. The molecule has 0 bridgehead atoms. The summed E-state index contributed by atoms with van der Waals surface area (Å²) in [6.07, 6.45) is 3.63. The second-order valence-electron chi connectivity index (χ2n) is 4.53. The van der Waals surface area contributed by atoms with Crippen LogP contribution in [0, 0.1) is 13.8 Å². The standard InChI is InChI=1S/C14H17N3O2S/c1-8-6-12(20-3)11(14(19)17-8)7-16-13(18)10-4-5-15-9(10)2/h4-6,15H,7H2,1-3H3,(H,16,18)(H,17,19). The second kappa shape index (κ2) is 6.00. The van der Waals surface area contributed by atoms with Crippen LogP contribution in [0.2, 0.25) is 0 Å². The first-order chi connectivity index (χ1) is 9.52. The minimum absolute atomic E-state index is 0.152. The summed E-state index contributed by atoms with van der Waals surface area (Å²) in [6, 6.07) is 3.63. The fourth-order valence-electron chi connectivity index (χ4n) is 2.00. The zero-order valence-electron chi connectivity index (χ0n) is 11.7. The van der Waals surface area contributed by atoms with E-state index < -0.39 is 0 Å². The molecule has 2 aromatic heterocycles. The van der Waals surface area contributed by atoms with E-state index in [-0.39, 0.29) is 18.0 Å². The molecule has 0 unspecified atom stereocenters. The van der Waals surface area contributed by atoms with Crippen molar-refractivity contribution in [2.24, 2.45) is 0 Å². The van der Waals surface area contributed by atoms with Crippen LogP contribution in [0.25, 0.3) is 0 Å². The van der Waals surface area contributed by atoms with Crippen molar-refractivity contribution in [2.45, 2.75) is 25.3 Å². The van der Waals surface area contributed by atoms with Crippen LogP contribution < -0.4 is 10.9 Å². The highest BCUT2D eigenvalue weighted by molar-refractivity contribution is 7.98. The van der Waals surface area contributed by atoms with Gasteiger partial charge >= 0.3 is 0 Å². The molecule has 6 heteroatoms. The number of carbonyl (C=O) groups excluding carboxylic acids is 1. The summed E-state index contributed by atoms with van der Waals surface area (Å²) in [5.41, 5.74) is 2.66. The van der Waals surface area contributed by atoms with Crippen molar-refractivity contribution in [3.8, 4) is 0 Å². The van der Waals surface area contributed by atoms with Crippen molar-refractivity contribution < 1.29 is 4.79 Å². The quantitative estimate of drug-likeness (QED) is 0.754. The molecule has 0 spiro atoms. The van der Waals surface area contributed by atoms with Crippen LogP contribution in [-0.2, 0) is 6.54 Å². The van der Waals surface area contributed by atoms with Crippen LogP contribution in [-0.4, -0.2) is 22.1 Å². The van der Waals surface area contributed by atoms with Crippen LogP contribution in [0.3, 0.4) is 0 Å². The number of rotatable bonds is 4. The Morgan fingerprint density at radius 1 is 1.40 bits per heavy atom. The first-order valence-corrected chi connectivity index (χ1v) is 7.44. The molecule has 0 saturated carbocycles. The van der Waals surface area contributed by atoms with Crippen molar-refractivity contribution in [3.63, 3.8) is 0 Å². The average molecular weight is 291 g/mol. The lowest BCUT2D eigenvalue weighted by molar-refractivity contribution is 0.0950. The predicted molar refractivity (Wildman–Crippen MR) is 80.3 cm³/mol. The zero-order valence-corrected chi connectivity index (χ0v) is 12.5. The maximum atomic E-state index is 12.0. The van der Waals surface area contributed by atoms with Crippen LogP contribution >= 0.6 is 11.8 Å². The number of aromatic amines is 2. The van der Waals surface area contributed by atoms with Crippen LogP contribution in [0.4, 0.5) is 0 Å². The molecule has 2 aromatic rings. The minimum atomic E-state index is -0.184. The number of H-pyrrole nitrogens is 2. The van der Waals surface area contributed by atoms with Gasteiger partial charge in [0.2, 0.25) is 0 Å². The Labute approximate surface area is 121 Å². The molecule has 106 valence electrons. The fraction of sp³-hybridized carbons (Fsp3) is 0.286. The van der Waals surface area contributed by atoms with Crippen molar-refractivity contribution in [1.82, 2.24) is 15.3 Å². The molecule has 3 N–H and O–H groups in total. The minimum Gasteiger partial charge on any atom is -0.365 e. The largest absolute Gasteiger partial charge is 0.365 e. The molecule has 0 aliphatic carbocycles. The first-order valence-electron chi connectivity index (χ1n) is 6.22. The summed E-state index contributed by atoms with van der Waals surface area (Å²) in [7, 11) is 0. The maximum Gasteiger partial charge on any atom is 0.254 e. The molecule has 20 heavy (non-hydrogen) atoms. The monoisotopic (exact) mass is 291 g/mol. The molecule has 2 heterocycles. The van der Waals surface area contributed by atoms with Gasteiger partial charge in [0.1, 0.15) is 0 Å². The SMILES string of the molecule is CSc1cc(C)[nH]c(=O)c1CNC(=O)c1cc[nH]c1C. The number of amides is 1. The van der Waals surface area contributed by atoms with E-state index in [1.807, 2.05) is 26.2 Å². The Morgan fingerprint density at radius 3 is 2.75 bits per heavy atom. The van der Waals surface area contributed by atoms with Gasteiger partial charge in [-0.3, -0.25) is 9.59 Å². The highest BCUT2D eigenvalue weighted by Crippen LogP contribution is 2.17. The van der Waals surface area contributed by atoms with Gasteiger partial charge in [-0.05, 0) is 32.2 Å². The average Bonchev–Trinajstić information content (AvgIpc) is 2.82. The van der Waals surface area contributed by atoms with E-state index in [9.17, 15) is 9.59 Å². The molecule has 0 aromatic carbocycles. The van der Waals surface area contributed by atoms with E-state index in [0.717, 1.165) is 16.3 Å². The van der Waals surface area contributed by atoms with Crippen LogP contribution in [0.5, 0.6) is 0 Å². The smallest absolute Gasteiger partial charge is 0.254 e. The Morgan fingerprint density at radius 2 is 2.15 bits per heavy atom. The van der Waals surface area contributed by atoms with Crippen molar-refractivity contribution in [1.29, 1.82) is 0 Å². The number of aromatic nitrogens is 2. The van der Waals surface area contributed by atoms with Crippen LogP contribution in [0.1, 0.15) is 27.3 Å². The van der Waals surface area contributed by atoms with E-state index in [2.05, 4.69) is 15.3 Å². The third-order valence-electron chi connectivity index (χ3n) is 3.07. The van der Waals surface area contributed by atoms with Gasteiger partial charge in [-0.25, -0.2) is 0 Å². The Kier molecular flexibility index (Phi) is 4.34. The molecule has 0 radical (unpaired) electrons. The molecule has 0 aliphatic heterocycles. The molecule has 5 nitrogen and oxygen atoms in total. The van der Waals surface area contributed by atoms with E-state index >= 15 is 0 Å². The molecule has 0 saturated heterocycles. The van der Waals surface area contributed by atoms with Gasteiger partial charge in [-0.15, -0.1) is 11.8 Å². The molecule has 1 amide bonds. The van der Waals surface area contributed by atoms with E-state index in [1.165, 1.54) is 11.8 Å². The van der Waals surface area contributed by atoms with Crippen LogP contribution in [0.15, 0.2) is 28.0 Å². The van der Waals surface area contributed by atoms with Gasteiger partial charge < -0.3 is 15.3 Å². The summed E-state index contributed by atoms with van der Waals surface area (Å²) < 4.78 is 0. The lowest BCUT2D eigenvalue weighted by atomic mass is 10.2. The number of nitrogens with one attached hydrogen (secondary N) is 3. The Balaban J connectivity index is 2.18. The lowest BCUT2D eigenvalue weighted by Crippen LogP contribution is -2.27. The summed E-state index contributed by atoms with van der Waals surface area (Å²) in [5, 5.41) is 2.78. The maximum absolute atomic E-state index is 12.0. The molecule has 0 aliphatic rings. The van der Waals surface area contributed by atoms with Crippen molar-refractivity contribution in [3.05, 3.63) is 51.2 Å². The van der Waals surface area contributed by atoms with Gasteiger partial charge in [0, 0.05) is 34.6 Å². The molecular weight excluding hydrogens is 274 g/mol. The number of hydrogen-bond acceptors (Lipinski definition) is 3. The number of hydrogen-bond donors (Lipinski definition) is 3. The number of aryl methyl sites for hydroxylation is 2. The lowest BCUT2D eigenvalue weighted by Gasteiger charge is -2.09. The van der Waals surface area contributed by atoms with E-state index in [1.54, 1.807) is 12.3 Å². The predicted octanol–water partition coefficient (Wildman–Crippen LogP) is 1.97. The highest BCUT2D eigenvalue weighted by Gasteiger charge is 2.12. The summed E-state index contributed by atoms with van der Waals surface area (Å²) in [4.78, 5) is 30.6.